The van der Waals surface area contributed by atoms with Gasteiger partial charge in [0.1, 0.15) is 0 Å². The highest BCUT2D eigenvalue weighted by Gasteiger charge is 2.62. The molecule has 4 aliphatic rings. The van der Waals surface area contributed by atoms with Crippen molar-refractivity contribution in [3.8, 4) is 0 Å². The third-order valence-electron chi connectivity index (χ3n) is 9.65. The van der Waals surface area contributed by atoms with Gasteiger partial charge in [-0.25, -0.2) is 0 Å². The molecular formula is C25H44O3. The second kappa shape index (κ2) is 8.66. The molecule has 0 amide bonds. The molecule has 4 fully saturated rings. The lowest BCUT2D eigenvalue weighted by Crippen LogP contribution is -2.58. The molecule has 4 rings (SSSR count). The number of fused-ring (bicyclic) bond motifs is 5. The van der Waals surface area contributed by atoms with Crippen molar-refractivity contribution >= 4 is 5.97 Å². The molecule has 3 heteroatoms. The van der Waals surface area contributed by atoms with Crippen LogP contribution in [0.15, 0.2) is 0 Å². The van der Waals surface area contributed by atoms with Crippen LogP contribution in [-0.4, -0.2) is 22.3 Å². The third-order valence-corrected chi connectivity index (χ3v) is 9.65. The molecule has 0 heterocycles. The SMILES string of the molecule is CC.CC12CC(O)C3C(CCC4CCCCC43C)C1CCC2CCCC(=O)O. The highest BCUT2D eigenvalue weighted by Crippen LogP contribution is 2.67. The topological polar surface area (TPSA) is 57.5 Å². The molecular weight excluding hydrogens is 348 g/mol. The number of rotatable bonds is 4. The quantitative estimate of drug-likeness (QED) is 0.591. The molecule has 4 saturated carbocycles. The van der Waals surface area contributed by atoms with Crippen LogP contribution in [0.5, 0.6) is 0 Å². The zero-order valence-corrected chi connectivity index (χ0v) is 18.8. The fourth-order valence-corrected chi connectivity index (χ4v) is 8.50. The summed E-state index contributed by atoms with van der Waals surface area (Å²) in [4.78, 5) is 10.9. The Hall–Kier alpha value is -0.570. The standard InChI is InChI=1S/C23H38O3.C2H6/c1-22-13-4-3-6-15(22)9-11-17-18-12-10-16(7-5-8-20(25)26)23(18,2)14-19(24)21(17)22;1-2/h15-19,21,24H,3-14H2,1-2H3,(H,25,26);1-2H3. The smallest absolute Gasteiger partial charge is 0.303 e. The van der Waals surface area contributed by atoms with Gasteiger partial charge in [-0.2, -0.15) is 0 Å². The van der Waals surface area contributed by atoms with Crippen molar-refractivity contribution in [1.82, 2.24) is 0 Å². The Morgan fingerprint density at radius 1 is 1.00 bits per heavy atom. The van der Waals surface area contributed by atoms with Crippen LogP contribution in [0.25, 0.3) is 0 Å². The van der Waals surface area contributed by atoms with Crippen molar-refractivity contribution < 1.29 is 15.0 Å². The number of aliphatic hydroxyl groups excluding tert-OH is 1. The van der Waals surface area contributed by atoms with Gasteiger partial charge < -0.3 is 10.2 Å². The zero-order chi connectivity index (χ0) is 20.5. The van der Waals surface area contributed by atoms with Gasteiger partial charge in [-0.3, -0.25) is 4.79 Å². The van der Waals surface area contributed by atoms with E-state index in [1.54, 1.807) is 0 Å². The van der Waals surface area contributed by atoms with E-state index in [0.717, 1.165) is 31.1 Å². The predicted molar refractivity (Wildman–Crippen MR) is 114 cm³/mol. The first-order valence-electron chi connectivity index (χ1n) is 12.3. The molecule has 2 N–H and O–H groups in total. The Labute approximate surface area is 172 Å². The van der Waals surface area contributed by atoms with Crippen LogP contribution in [0.2, 0.25) is 0 Å². The van der Waals surface area contributed by atoms with E-state index >= 15 is 0 Å². The molecule has 0 radical (unpaired) electrons. The van der Waals surface area contributed by atoms with E-state index in [2.05, 4.69) is 13.8 Å². The molecule has 0 aromatic carbocycles. The Bertz CT molecular complexity index is 546. The van der Waals surface area contributed by atoms with Gasteiger partial charge in [-0.1, -0.05) is 40.5 Å². The normalized spacial score (nSPS) is 47.2. The number of hydrogen-bond donors (Lipinski definition) is 2. The fourth-order valence-electron chi connectivity index (χ4n) is 8.50. The molecule has 0 spiro atoms. The summed E-state index contributed by atoms with van der Waals surface area (Å²) < 4.78 is 0. The molecule has 3 nitrogen and oxygen atoms in total. The Kier molecular flexibility index (Phi) is 6.84. The monoisotopic (exact) mass is 392 g/mol. The van der Waals surface area contributed by atoms with Crippen molar-refractivity contribution in [2.75, 3.05) is 0 Å². The molecule has 0 bridgehead atoms. The minimum atomic E-state index is -0.669. The zero-order valence-electron chi connectivity index (χ0n) is 18.8. The van der Waals surface area contributed by atoms with E-state index < -0.39 is 5.97 Å². The molecule has 0 aromatic rings. The first kappa shape index (κ1) is 22.1. The maximum Gasteiger partial charge on any atom is 0.303 e. The average molecular weight is 393 g/mol. The summed E-state index contributed by atoms with van der Waals surface area (Å²) in [5.41, 5.74) is 0.597. The fraction of sp³-hybridized carbons (Fsp3) is 0.960. The van der Waals surface area contributed by atoms with E-state index in [-0.39, 0.29) is 11.5 Å². The van der Waals surface area contributed by atoms with Gasteiger partial charge in [0.25, 0.3) is 0 Å². The number of carbonyl (C=O) groups is 1. The highest BCUT2D eigenvalue weighted by molar-refractivity contribution is 5.66. The van der Waals surface area contributed by atoms with Gasteiger partial charge in [0, 0.05) is 6.42 Å². The number of carboxylic acid groups (broad SMARTS) is 1. The summed E-state index contributed by atoms with van der Waals surface area (Å²) in [5.74, 6) is 2.75. The Morgan fingerprint density at radius 3 is 2.46 bits per heavy atom. The van der Waals surface area contributed by atoms with Gasteiger partial charge in [-0.05, 0) is 98.2 Å². The van der Waals surface area contributed by atoms with Crippen molar-refractivity contribution in [1.29, 1.82) is 0 Å². The van der Waals surface area contributed by atoms with E-state index in [0.29, 0.717) is 29.6 Å². The van der Waals surface area contributed by atoms with Crippen molar-refractivity contribution in [2.24, 2.45) is 40.4 Å². The van der Waals surface area contributed by atoms with E-state index in [4.69, 9.17) is 5.11 Å². The number of hydrogen-bond acceptors (Lipinski definition) is 2. The number of carboxylic acids is 1. The van der Waals surface area contributed by atoms with Crippen LogP contribution in [0.3, 0.4) is 0 Å². The van der Waals surface area contributed by atoms with Crippen molar-refractivity contribution in [3.63, 3.8) is 0 Å². The molecule has 0 aliphatic heterocycles. The summed E-state index contributed by atoms with van der Waals surface area (Å²) in [6, 6.07) is 0. The van der Waals surface area contributed by atoms with Crippen LogP contribution in [-0.2, 0) is 4.79 Å². The van der Waals surface area contributed by atoms with Crippen molar-refractivity contribution in [3.05, 3.63) is 0 Å². The van der Waals surface area contributed by atoms with Crippen LogP contribution >= 0.6 is 0 Å². The second-order valence-corrected chi connectivity index (χ2v) is 10.7. The van der Waals surface area contributed by atoms with Gasteiger partial charge in [0.15, 0.2) is 0 Å². The predicted octanol–water partition coefficient (Wildman–Crippen LogP) is 6.29. The third kappa shape index (κ3) is 3.66. The van der Waals surface area contributed by atoms with Gasteiger partial charge >= 0.3 is 5.97 Å². The van der Waals surface area contributed by atoms with Crippen LogP contribution in [0.1, 0.15) is 105 Å². The van der Waals surface area contributed by atoms with Crippen molar-refractivity contribution in [2.45, 2.75) is 111 Å². The summed E-state index contributed by atoms with van der Waals surface area (Å²) >= 11 is 0. The van der Waals surface area contributed by atoms with Gasteiger partial charge in [-0.15, -0.1) is 0 Å². The molecule has 28 heavy (non-hydrogen) atoms. The van der Waals surface area contributed by atoms with Gasteiger partial charge in [0.05, 0.1) is 6.10 Å². The largest absolute Gasteiger partial charge is 0.481 e. The summed E-state index contributed by atoms with van der Waals surface area (Å²) in [5, 5.41) is 20.3. The van der Waals surface area contributed by atoms with Gasteiger partial charge in [0.2, 0.25) is 0 Å². The maximum absolute atomic E-state index is 11.4. The van der Waals surface area contributed by atoms with Crippen LogP contribution < -0.4 is 0 Å². The molecule has 0 aromatic heterocycles. The average Bonchev–Trinajstić information content (AvgIpc) is 2.98. The molecule has 162 valence electrons. The van der Waals surface area contributed by atoms with E-state index in [9.17, 15) is 9.90 Å². The lowest BCUT2D eigenvalue weighted by atomic mass is 9.44. The molecule has 0 saturated heterocycles. The Morgan fingerprint density at radius 2 is 1.75 bits per heavy atom. The maximum atomic E-state index is 11.4. The molecule has 8 unspecified atom stereocenters. The minimum Gasteiger partial charge on any atom is -0.481 e. The van der Waals surface area contributed by atoms with E-state index in [1.165, 1.54) is 51.4 Å². The summed E-state index contributed by atoms with van der Waals surface area (Å²) in [6.45, 7) is 8.95. The lowest BCUT2D eigenvalue weighted by molar-refractivity contribution is -0.169. The minimum absolute atomic E-state index is 0.146. The first-order chi connectivity index (χ1) is 13.4. The summed E-state index contributed by atoms with van der Waals surface area (Å²) in [6.07, 6.45) is 13.6. The Balaban J connectivity index is 0.00000109. The van der Waals surface area contributed by atoms with Crippen LogP contribution in [0.4, 0.5) is 0 Å². The first-order valence-corrected chi connectivity index (χ1v) is 12.3. The highest BCUT2D eigenvalue weighted by atomic mass is 16.4. The number of aliphatic hydroxyl groups is 1. The number of aliphatic carboxylic acids is 1. The second-order valence-electron chi connectivity index (χ2n) is 10.7. The van der Waals surface area contributed by atoms with E-state index in [1.807, 2.05) is 13.8 Å². The molecule has 4 aliphatic carbocycles. The lowest BCUT2D eigenvalue weighted by Gasteiger charge is -2.62. The van der Waals surface area contributed by atoms with Crippen LogP contribution in [0, 0.1) is 40.4 Å². The summed E-state index contributed by atoms with van der Waals surface area (Å²) in [7, 11) is 0. The molecule has 8 atom stereocenters.